The molecule has 0 aromatic carbocycles. The van der Waals surface area contributed by atoms with E-state index < -0.39 is 0 Å². The lowest BCUT2D eigenvalue weighted by Crippen LogP contribution is -2.48. The first kappa shape index (κ1) is 12.0. The van der Waals surface area contributed by atoms with E-state index in [2.05, 4.69) is 16.7 Å². The minimum Gasteiger partial charge on any atom is -0.351 e. The van der Waals surface area contributed by atoms with Gasteiger partial charge in [-0.05, 0) is 50.5 Å². The van der Waals surface area contributed by atoms with E-state index in [0.29, 0.717) is 11.8 Å². The molecule has 0 aromatic heterocycles. The minimum absolute atomic E-state index is 0.00237. The molecule has 1 aliphatic heterocycles. The monoisotopic (exact) mass is 247 g/mol. The molecule has 0 spiro atoms. The Kier molecular flexibility index (Phi) is 3.25. The largest absolute Gasteiger partial charge is 0.351 e. The summed E-state index contributed by atoms with van der Waals surface area (Å²) < 4.78 is 0. The molecular formula is C14H21N3O. The Labute approximate surface area is 108 Å². The van der Waals surface area contributed by atoms with Crippen LogP contribution in [0.1, 0.15) is 38.5 Å². The van der Waals surface area contributed by atoms with Crippen LogP contribution in [0.2, 0.25) is 0 Å². The molecule has 4 nitrogen and oxygen atoms in total. The zero-order valence-electron chi connectivity index (χ0n) is 10.7. The highest BCUT2D eigenvalue weighted by Crippen LogP contribution is 2.38. The molecule has 0 bridgehead atoms. The van der Waals surface area contributed by atoms with Gasteiger partial charge in [-0.2, -0.15) is 5.26 Å². The van der Waals surface area contributed by atoms with E-state index in [0.717, 1.165) is 25.8 Å². The van der Waals surface area contributed by atoms with Crippen molar-refractivity contribution in [1.29, 1.82) is 5.26 Å². The summed E-state index contributed by atoms with van der Waals surface area (Å²) in [6.07, 6.45) is 6.68. The van der Waals surface area contributed by atoms with Crippen LogP contribution in [0.3, 0.4) is 0 Å². The fraction of sp³-hybridized carbons (Fsp3) is 0.857. The zero-order chi connectivity index (χ0) is 12.5. The minimum atomic E-state index is -0.00237. The summed E-state index contributed by atoms with van der Waals surface area (Å²) in [7, 11) is 0. The SMILES string of the molecule is N#CC1CCCC1NC(=O)C1NCC2CCCC21. The molecule has 1 heterocycles. The Morgan fingerprint density at radius 1 is 1.22 bits per heavy atom. The van der Waals surface area contributed by atoms with Crippen LogP contribution in [0.4, 0.5) is 0 Å². The Hall–Kier alpha value is -1.08. The Balaban J connectivity index is 1.60. The fourth-order valence-corrected chi connectivity index (χ4v) is 4.03. The number of nitrogens with zero attached hydrogens (tertiary/aromatic N) is 1. The maximum Gasteiger partial charge on any atom is 0.237 e. The van der Waals surface area contributed by atoms with E-state index in [9.17, 15) is 4.79 Å². The smallest absolute Gasteiger partial charge is 0.237 e. The first-order valence-electron chi connectivity index (χ1n) is 7.23. The van der Waals surface area contributed by atoms with Gasteiger partial charge in [0.2, 0.25) is 5.91 Å². The van der Waals surface area contributed by atoms with Crippen molar-refractivity contribution < 1.29 is 4.79 Å². The lowest BCUT2D eigenvalue weighted by atomic mass is 9.93. The van der Waals surface area contributed by atoms with Crippen LogP contribution in [0, 0.1) is 29.1 Å². The van der Waals surface area contributed by atoms with Crippen LogP contribution >= 0.6 is 0 Å². The molecule has 0 aromatic rings. The van der Waals surface area contributed by atoms with Gasteiger partial charge in [0.25, 0.3) is 0 Å². The van der Waals surface area contributed by atoms with Gasteiger partial charge in [0.1, 0.15) is 0 Å². The predicted molar refractivity (Wildman–Crippen MR) is 67.5 cm³/mol. The molecule has 98 valence electrons. The molecule has 2 aliphatic carbocycles. The van der Waals surface area contributed by atoms with Crippen molar-refractivity contribution in [2.24, 2.45) is 17.8 Å². The number of hydrogen-bond acceptors (Lipinski definition) is 3. The zero-order valence-corrected chi connectivity index (χ0v) is 10.7. The Morgan fingerprint density at radius 2 is 2.06 bits per heavy atom. The quantitative estimate of drug-likeness (QED) is 0.770. The van der Waals surface area contributed by atoms with E-state index in [1.54, 1.807) is 0 Å². The number of carbonyl (C=O) groups is 1. The second-order valence-corrected chi connectivity index (χ2v) is 6.02. The number of amides is 1. The van der Waals surface area contributed by atoms with Crippen LogP contribution in [-0.2, 0) is 4.79 Å². The number of hydrogen-bond donors (Lipinski definition) is 2. The van der Waals surface area contributed by atoms with Crippen molar-refractivity contribution in [3.63, 3.8) is 0 Å². The number of rotatable bonds is 2. The average molecular weight is 247 g/mol. The summed E-state index contributed by atoms with van der Waals surface area (Å²) in [6.45, 7) is 0.995. The molecule has 3 fully saturated rings. The van der Waals surface area contributed by atoms with E-state index >= 15 is 0 Å². The fourth-order valence-electron chi connectivity index (χ4n) is 4.03. The third-order valence-corrected chi connectivity index (χ3v) is 5.04. The first-order chi connectivity index (χ1) is 8.79. The molecule has 5 atom stereocenters. The second-order valence-electron chi connectivity index (χ2n) is 6.02. The van der Waals surface area contributed by atoms with Crippen molar-refractivity contribution in [2.45, 2.75) is 50.6 Å². The maximum absolute atomic E-state index is 12.3. The number of carbonyl (C=O) groups excluding carboxylic acids is 1. The van der Waals surface area contributed by atoms with E-state index in [4.69, 9.17) is 5.26 Å². The van der Waals surface area contributed by atoms with Crippen molar-refractivity contribution in [2.75, 3.05) is 6.54 Å². The molecule has 18 heavy (non-hydrogen) atoms. The highest BCUT2D eigenvalue weighted by molar-refractivity contribution is 5.83. The lowest BCUT2D eigenvalue weighted by molar-refractivity contribution is -0.124. The Morgan fingerprint density at radius 3 is 2.89 bits per heavy atom. The van der Waals surface area contributed by atoms with E-state index in [1.165, 1.54) is 19.3 Å². The summed E-state index contributed by atoms with van der Waals surface area (Å²) in [5, 5.41) is 15.5. The van der Waals surface area contributed by atoms with Crippen LogP contribution < -0.4 is 10.6 Å². The highest BCUT2D eigenvalue weighted by Gasteiger charge is 2.43. The van der Waals surface area contributed by atoms with Crippen LogP contribution in [0.25, 0.3) is 0 Å². The third kappa shape index (κ3) is 2.01. The average Bonchev–Trinajstić information content (AvgIpc) is 3.03. The van der Waals surface area contributed by atoms with Gasteiger partial charge in [-0.1, -0.05) is 6.42 Å². The van der Waals surface area contributed by atoms with Crippen molar-refractivity contribution in [3.05, 3.63) is 0 Å². The molecule has 3 rings (SSSR count). The predicted octanol–water partition coefficient (Wildman–Crippen LogP) is 1.18. The van der Waals surface area contributed by atoms with Gasteiger partial charge >= 0.3 is 0 Å². The second kappa shape index (κ2) is 4.89. The van der Waals surface area contributed by atoms with E-state index in [-0.39, 0.29) is 23.9 Å². The topological polar surface area (TPSA) is 64.9 Å². The molecule has 1 amide bonds. The molecule has 1 saturated heterocycles. The Bertz CT molecular complexity index is 376. The van der Waals surface area contributed by atoms with Gasteiger partial charge in [-0.25, -0.2) is 0 Å². The van der Waals surface area contributed by atoms with Crippen molar-refractivity contribution in [3.8, 4) is 6.07 Å². The third-order valence-electron chi connectivity index (χ3n) is 5.04. The molecule has 4 heteroatoms. The maximum atomic E-state index is 12.3. The van der Waals surface area contributed by atoms with Gasteiger partial charge in [-0.15, -0.1) is 0 Å². The summed E-state index contributed by atoms with van der Waals surface area (Å²) >= 11 is 0. The number of nitrogens with one attached hydrogen (secondary N) is 2. The van der Waals surface area contributed by atoms with Gasteiger partial charge in [-0.3, -0.25) is 4.79 Å². The van der Waals surface area contributed by atoms with Crippen molar-refractivity contribution in [1.82, 2.24) is 10.6 Å². The van der Waals surface area contributed by atoms with E-state index in [1.807, 2.05) is 0 Å². The molecule has 3 aliphatic rings. The first-order valence-corrected chi connectivity index (χ1v) is 7.23. The normalized spacial score (nSPS) is 42.5. The standard InChI is InChI=1S/C14H21N3O/c15-7-9-3-2-6-12(9)17-14(18)13-11-5-1-4-10(11)8-16-13/h9-13,16H,1-6,8H2,(H,17,18). The summed E-state index contributed by atoms with van der Waals surface area (Å²) in [6, 6.07) is 2.41. The summed E-state index contributed by atoms with van der Waals surface area (Å²) in [5.74, 6) is 1.40. The van der Waals surface area contributed by atoms with Crippen LogP contribution in [0.5, 0.6) is 0 Å². The lowest BCUT2D eigenvalue weighted by Gasteiger charge is -2.22. The van der Waals surface area contributed by atoms with Gasteiger partial charge < -0.3 is 10.6 Å². The van der Waals surface area contributed by atoms with Crippen LogP contribution in [0.15, 0.2) is 0 Å². The van der Waals surface area contributed by atoms with Gasteiger partial charge in [0, 0.05) is 6.04 Å². The molecule has 5 unspecified atom stereocenters. The number of nitriles is 1. The van der Waals surface area contributed by atoms with Gasteiger partial charge in [0.15, 0.2) is 0 Å². The van der Waals surface area contributed by atoms with Gasteiger partial charge in [0.05, 0.1) is 18.0 Å². The molecular weight excluding hydrogens is 226 g/mol. The highest BCUT2D eigenvalue weighted by atomic mass is 16.2. The summed E-state index contributed by atoms with van der Waals surface area (Å²) in [5.41, 5.74) is 0. The summed E-state index contributed by atoms with van der Waals surface area (Å²) in [4.78, 5) is 12.3. The van der Waals surface area contributed by atoms with Crippen LogP contribution in [-0.4, -0.2) is 24.5 Å². The number of fused-ring (bicyclic) bond motifs is 1. The molecule has 2 saturated carbocycles. The van der Waals surface area contributed by atoms with Crippen molar-refractivity contribution >= 4 is 5.91 Å². The molecule has 0 radical (unpaired) electrons. The molecule has 2 N–H and O–H groups in total.